The molecule has 1 aliphatic rings. The maximum Gasteiger partial charge on any atom is 0.293 e. The van der Waals surface area contributed by atoms with Gasteiger partial charge in [0.2, 0.25) is 0 Å². The van der Waals surface area contributed by atoms with Gasteiger partial charge in [0.1, 0.15) is 8.42 Å². The van der Waals surface area contributed by atoms with Crippen LogP contribution in [0.2, 0.25) is 0 Å². The monoisotopic (exact) mass is 534 g/mol. The van der Waals surface area contributed by atoms with Gasteiger partial charge in [-0.05, 0) is 71.6 Å². The van der Waals surface area contributed by atoms with Crippen LogP contribution in [0, 0.1) is 0 Å². The summed E-state index contributed by atoms with van der Waals surface area (Å²) in [5.74, 6) is -0.118. The quantitative estimate of drug-likeness (QED) is 0.359. The van der Waals surface area contributed by atoms with Crippen LogP contribution in [0.3, 0.4) is 0 Å². The van der Waals surface area contributed by atoms with Crippen LogP contribution in [-0.4, -0.2) is 29.3 Å². The molecule has 0 saturated carbocycles. The predicted molar refractivity (Wildman–Crippen MR) is 131 cm³/mol. The Labute approximate surface area is 204 Å². The molecule has 12 heteroatoms. The van der Waals surface area contributed by atoms with Crippen molar-refractivity contribution in [1.29, 1.82) is 0 Å². The van der Waals surface area contributed by atoms with Crippen LogP contribution in [0.25, 0.3) is 0 Å². The Kier molecular flexibility index (Phi) is 5.84. The third-order valence-electron chi connectivity index (χ3n) is 5.30. The maximum absolute atomic E-state index is 13.5. The predicted octanol–water partition coefficient (Wildman–Crippen LogP) is 4.58. The number of hydrogen-bond donors (Lipinski definition) is 0. The second kappa shape index (κ2) is 8.69. The van der Waals surface area contributed by atoms with Crippen LogP contribution >= 0.6 is 22.7 Å². The molecule has 1 aromatic carbocycles. The lowest BCUT2D eigenvalue weighted by molar-refractivity contribution is 0.0958. The minimum Gasteiger partial charge on any atom is -0.459 e. The van der Waals surface area contributed by atoms with Gasteiger partial charge in [0.05, 0.1) is 12.0 Å². The Bertz CT molecular complexity index is 1460. The molecule has 8 nitrogen and oxygen atoms in total. The summed E-state index contributed by atoms with van der Waals surface area (Å²) >= 11 is 1.89. The molecule has 0 radical (unpaired) electrons. The average molecular weight is 535 g/mol. The standard InChI is InChI=1S/C22H18N2O6S4/c25-22(19-6-2-12-30-19)23-11-1-5-16-15-17(9-10-18(16)23)24(33(26,27)20-7-3-13-31-20)34(28,29)21-8-4-14-32-21/h2-4,6-10,12-15H,1,5,11H2. The molecule has 34 heavy (non-hydrogen) atoms. The Morgan fingerprint density at radius 3 is 2.15 bits per heavy atom. The van der Waals surface area contributed by atoms with Crippen LogP contribution in [-0.2, 0) is 26.5 Å². The van der Waals surface area contributed by atoms with E-state index < -0.39 is 20.0 Å². The highest BCUT2D eigenvalue weighted by Crippen LogP contribution is 2.38. The molecule has 176 valence electrons. The SMILES string of the molecule is O=C(c1ccco1)N1CCCc2cc(N(S(=O)(=O)c3cccs3)S(=O)(=O)c3cccs3)ccc21. The van der Waals surface area contributed by atoms with E-state index in [0.29, 0.717) is 34.3 Å². The maximum atomic E-state index is 13.5. The first-order valence-corrected chi connectivity index (χ1v) is 14.8. The van der Waals surface area contributed by atoms with Gasteiger partial charge in [0.15, 0.2) is 5.76 Å². The number of thiophene rings is 2. The summed E-state index contributed by atoms with van der Waals surface area (Å²) in [5, 5.41) is 3.15. The molecule has 5 rings (SSSR count). The van der Waals surface area contributed by atoms with E-state index >= 15 is 0 Å². The summed E-state index contributed by atoms with van der Waals surface area (Å²) in [6.45, 7) is 0.469. The van der Waals surface area contributed by atoms with E-state index in [1.165, 1.54) is 30.5 Å². The van der Waals surface area contributed by atoms with Crippen LogP contribution in [0.15, 0.2) is 84.5 Å². The Morgan fingerprint density at radius 2 is 1.59 bits per heavy atom. The van der Waals surface area contributed by atoms with E-state index in [1.807, 2.05) is 0 Å². The zero-order valence-corrected chi connectivity index (χ0v) is 20.8. The lowest BCUT2D eigenvalue weighted by atomic mass is 10.0. The Morgan fingerprint density at radius 1 is 0.912 bits per heavy atom. The molecule has 1 amide bonds. The number of carbonyl (C=O) groups excluding carboxylic acids is 1. The third kappa shape index (κ3) is 3.86. The summed E-state index contributed by atoms with van der Waals surface area (Å²) in [5.41, 5.74) is 1.27. The first-order chi connectivity index (χ1) is 16.3. The first-order valence-electron chi connectivity index (χ1n) is 10.2. The van der Waals surface area contributed by atoms with Gasteiger partial charge in [-0.2, -0.15) is 20.5 Å². The topological polar surface area (TPSA) is 105 Å². The molecule has 4 heterocycles. The molecule has 0 unspecified atom stereocenters. The first kappa shape index (κ1) is 22.8. The molecular weight excluding hydrogens is 517 g/mol. The van der Waals surface area contributed by atoms with E-state index in [-0.39, 0.29) is 25.8 Å². The number of carbonyl (C=O) groups is 1. The highest BCUT2D eigenvalue weighted by molar-refractivity contribution is 8.11. The number of sulfonamides is 2. The number of anilines is 2. The Balaban J connectivity index is 1.63. The van der Waals surface area contributed by atoms with Crippen molar-refractivity contribution in [2.45, 2.75) is 21.3 Å². The van der Waals surface area contributed by atoms with Gasteiger partial charge in [-0.3, -0.25) is 4.79 Å². The lowest BCUT2D eigenvalue weighted by Crippen LogP contribution is -2.37. The third-order valence-corrected chi connectivity index (χ3v) is 12.2. The van der Waals surface area contributed by atoms with E-state index in [4.69, 9.17) is 4.42 Å². The van der Waals surface area contributed by atoms with Crippen LogP contribution in [0.4, 0.5) is 11.4 Å². The van der Waals surface area contributed by atoms with Gasteiger partial charge in [0.25, 0.3) is 26.0 Å². The number of fused-ring (bicyclic) bond motifs is 1. The molecule has 0 bridgehead atoms. The van der Waals surface area contributed by atoms with E-state index in [2.05, 4.69) is 0 Å². The van der Waals surface area contributed by atoms with Crippen molar-refractivity contribution in [3.05, 3.63) is 82.9 Å². The minimum atomic E-state index is -4.41. The zero-order chi connectivity index (χ0) is 23.9. The van der Waals surface area contributed by atoms with Crippen molar-refractivity contribution in [3.63, 3.8) is 0 Å². The van der Waals surface area contributed by atoms with Gasteiger partial charge >= 0.3 is 0 Å². The normalized spacial score (nSPS) is 14.1. The molecular formula is C22H18N2O6S4. The van der Waals surface area contributed by atoms with Crippen molar-refractivity contribution in [1.82, 2.24) is 0 Å². The van der Waals surface area contributed by atoms with Gasteiger partial charge < -0.3 is 9.32 Å². The number of benzene rings is 1. The fraction of sp³-hybridized carbons (Fsp3) is 0.136. The molecule has 1 aliphatic heterocycles. The second-order valence-corrected chi connectivity index (χ2v) is 13.6. The zero-order valence-electron chi connectivity index (χ0n) is 17.5. The summed E-state index contributed by atoms with van der Waals surface area (Å²) in [6.07, 6.45) is 2.62. The summed E-state index contributed by atoms with van der Waals surface area (Å²) in [6, 6.07) is 13.6. The molecule has 0 spiro atoms. The lowest BCUT2D eigenvalue weighted by Gasteiger charge is -2.30. The van der Waals surface area contributed by atoms with Crippen molar-refractivity contribution in [2.24, 2.45) is 0 Å². The molecule has 0 aliphatic carbocycles. The highest BCUT2D eigenvalue weighted by Gasteiger charge is 2.39. The van der Waals surface area contributed by atoms with Crippen molar-refractivity contribution in [3.8, 4) is 0 Å². The number of nitrogens with zero attached hydrogens (tertiary/aromatic N) is 2. The van der Waals surface area contributed by atoms with Crippen LogP contribution in [0.5, 0.6) is 0 Å². The second-order valence-electron chi connectivity index (χ2n) is 7.42. The summed E-state index contributed by atoms with van der Waals surface area (Å²) in [7, 11) is -8.82. The van der Waals surface area contributed by atoms with E-state index in [1.54, 1.807) is 46.0 Å². The van der Waals surface area contributed by atoms with Crippen LogP contribution in [0.1, 0.15) is 22.5 Å². The number of amides is 1. The molecule has 4 aromatic rings. The van der Waals surface area contributed by atoms with Gasteiger partial charge in [-0.25, -0.2) is 0 Å². The summed E-state index contributed by atoms with van der Waals surface area (Å²) < 4.78 is 59.6. The van der Waals surface area contributed by atoms with Gasteiger partial charge in [-0.15, -0.1) is 22.7 Å². The Hall–Kier alpha value is -2.93. The molecule has 0 fully saturated rings. The number of furan rings is 1. The van der Waals surface area contributed by atoms with Crippen molar-refractivity contribution < 1.29 is 26.0 Å². The van der Waals surface area contributed by atoms with Crippen molar-refractivity contribution >= 4 is 60.0 Å². The van der Waals surface area contributed by atoms with E-state index in [0.717, 1.165) is 22.7 Å². The highest BCUT2D eigenvalue weighted by atomic mass is 32.3. The minimum absolute atomic E-state index is 0.00662. The fourth-order valence-electron chi connectivity index (χ4n) is 3.83. The van der Waals surface area contributed by atoms with Crippen LogP contribution < -0.4 is 8.61 Å². The number of aryl methyl sites for hydroxylation is 1. The molecule has 0 atom stereocenters. The number of hydrogen-bond acceptors (Lipinski definition) is 8. The number of rotatable bonds is 6. The average Bonchev–Trinajstić information content (AvgIpc) is 3.60. The largest absolute Gasteiger partial charge is 0.459 e. The molecule has 3 aromatic heterocycles. The van der Waals surface area contributed by atoms with Crippen molar-refractivity contribution in [2.75, 3.05) is 15.2 Å². The summed E-state index contributed by atoms with van der Waals surface area (Å²) in [4.78, 5) is 14.5. The fourth-order valence-corrected chi connectivity index (χ4v) is 9.89. The smallest absolute Gasteiger partial charge is 0.293 e. The molecule has 0 N–H and O–H groups in total. The van der Waals surface area contributed by atoms with Gasteiger partial charge in [-0.1, -0.05) is 12.1 Å². The molecule has 0 saturated heterocycles. The van der Waals surface area contributed by atoms with Gasteiger partial charge in [0, 0.05) is 12.2 Å². The van der Waals surface area contributed by atoms with E-state index in [9.17, 15) is 21.6 Å².